The smallest absolute Gasteiger partial charge is 0.293 e. The molecule has 0 unspecified atom stereocenters. The van der Waals surface area contributed by atoms with Crippen molar-refractivity contribution >= 4 is 17.6 Å². The monoisotopic (exact) mass is 326 g/mol. The van der Waals surface area contributed by atoms with Gasteiger partial charge in [0.1, 0.15) is 6.04 Å². The molecular formula is C18H18N2O4. The summed E-state index contributed by atoms with van der Waals surface area (Å²) < 4.78 is 5.27. The van der Waals surface area contributed by atoms with E-state index in [1.165, 1.54) is 0 Å². The van der Waals surface area contributed by atoms with Crippen LogP contribution in [0.25, 0.3) is 0 Å². The second-order valence-corrected chi connectivity index (χ2v) is 4.88. The van der Waals surface area contributed by atoms with Gasteiger partial charge in [0.2, 0.25) is 5.78 Å². The SMILES string of the molecule is CCO/C(=N\O)[C@@H](NC(=O)C(=O)c1ccccc1)c1ccccc1. The van der Waals surface area contributed by atoms with E-state index in [-0.39, 0.29) is 18.1 Å². The van der Waals surface area contributed by atoms with Gasteiger partial charge in [0.05, 0.1) is 6.61 Å². The Kier molecular flexibility index (Phi) is 6.08. The number of hydrogen-bond donors (Lipinski definition) is 2. The highest BCUT2D eigenvalue weighted by Gasteiger charge is 2.26. The van der Waals surface area contributed by atoms with Crippen LogP contribution in [0.3, 0.4) is 0 Å². The lowest BCUT2D eigenvalue weighted by Crippen LogP contribution is -2.39. The Balaban J connectivity index is 2.25. The van der Waals surface area contributed by atoms with E-state index in [2.05, 4.69) is 10.5 Å². The van der Waals surface area contributed by atoms with E-state index in [0.29, 0.717) is 5.56 Å². The summed E-state index contributed by atoms with van der Waals surface area (Å²) >= 11 is 0. The van der Waals surface area contributed by atoms with E-state index in [0.717, 1.165) is 0 Å². The number of carbonyl (C=O) groups is 2. The minimum atomic E-state index is -0.865. The summed E-state index contributed by atoms with van der Waals surface area (Å²) in [6.45, 7) is 1.98. The Morgan fingerprint density at radius 2 is 1.67 bits per heavy atom. The number of rotatable bonds is 6. The number of oxime groups is 1. The molecule has 2 N–H and O–H groups in total. The van der Waals surface area contributed by atoms with Gasteiger partial charge in [-0.15, -0.1) is 0 Å². The second kappa shape index (κ2) is 8.47. The number of nitrogens with zero attached hydrogens (tertiary/aromatic N) is 1. The summed E-state index contributed by atoms with van der Waals surface area (Å²) in [5.74, 6) is -1.57. The molecule has 6 heteroatoms. The first-order chi connectivity index (χ1) is 11.7. The number of carbonyl (C=O) groups excluding carboxylic acids is 2. The predicted octanol–water partition coefficient (Wildman–Crippen LogP) is 2.55. The molecule has 0 spiro atoms. The molecule has 0 aromatic heterocycles. The number of hydrogen-bond acceptors (Lipinski definition) is 5. The largest absolute Gasteiger partial charge is 0.477 e. The Morgan fingerprint density at radius 1 is 1.08 bits per heavy atom. The molecule has 2 rings (SSSR count). The van der Waals surface area contributed by atoms with E-state index in [1.807, 2.05) is 6.07 Å². The molecule has 0 heterocycles. The van der Waals surface area contributed by atoms with Crippen LogP contribution in [0.15, 0.2) is 65.8 Å². The van der Waals surface area contributed by atoms with Crippen LogP contribution in [0.4, 0.5) is 0 Å². The van der Waals surface area contributed by atoms with Crippen LogP contribution < -0.4 is 5.32 Å². The molecule has 124 valence electrons. The lowest BCUT2D eigenvalue weighted by Gasteiger charge is -2.19. The van der Waals surface area contributed by atoms with Crippen LogP contribution in [-0.2, 0) is 9.53 Å². The average Bonchev–Trinajstić information content (AvgIpc) is 2.65. The summed E-state index contributed by atoms with van der Waals surface area (Å²) in [7, 11) is 0. The summed E-state index contributed by atoms with van der Waals surface area (Å²) in [6.07, 6.45) is 0. The fourth-order valence-corrected chi connectivity index (χ4v) is 2.17. The first-order valence-electron chi connectivity index (χ1n) is 7.47. The third-order valence-corrected chi connectivity index (χ3v) is 3.29. The van der Waals surface area contributed by atoms with E-state index in [9.17, 15) is 14.8 Å². The Hall–Kier alpha value is -3.15. The van der Waals surface area contributed by atoms with E-state index in [4.69, 9.17) is 4.74 Å². The van der Waals surface area contributed by atoms with Crippen LogP contribution in [0.5, 0.6) is 0 Å². The third kappa shape index (κ3) is 4.19. The molecule has 2 aromatic rings. The van der Waals surface area contributed by atoms with Crippen molar-refractivity contribution in [3.8, 4) is 0 Å². The fourth-order valence-electron chi connectivity index (χ4n) is 2.17. The number of benzene rings is 2. The molecule has 0 fully saturated rings. The lowest BCUT2D eigenvalue weighted by molar-refractivity contribution is -0.117. The van der Waals surface area contributed by atoms with E-state index < -0.39 is 17.7 Å². The highest BCUT2D eigenvalue weighted by Crippen LogP contribution is 2.16. The molecule has 0 aliphatic rings. The Labute approximate surface area is 139 Å². The highest BCUT2D eigenvalue weighted by atomic mass is 16.5. The molecule has 0 aliphatic heterocycles. The highest BCUT2D eigenvalue weighted by molar-refractivity contribution is 6.43. The van der Waals surface area contributed by atoms with Gasteiger partial charge in [-0.2, -0.15) is 0 Å². The maximum Gasteiger partial charge on any atom is 0.293 e. The zero-order valence-electron chi connectivity index (χ0n) is 13.2. The van der Waals surface area contributed by atoms with Crippen molar-refractivity contribution in [2.75, 3.05) is 6.61 Å². The molecule has 0 saturated heterocycles. The summed E-state index contributed by atoms with van der Waals surface area (Å²) in [6, 6.07) is 16.2. The first kappa shape index (κ1) is 17.2. The van der Waals surface area contributed by atoms with Gasteiger partial charge < -0.3 is 15.3 Å². The second-order valence-electron chi connectivity index (χ2n) is 4.88. The number of ether oxygens (including phenoxy) is 1. The van der Waals surface area contributed by atoms with Crippen molar-refractivity contribution in [3.05, 3.63) is 71.8 Å². The number of amides is 1. The van der Waals surface area contributed by atoms with Crippen molar-refractivity contribution in [1.82, 2.24) is 5.32 Å². The number of nitrogens with one attached hydrogen (secondary N) is 1. The van der Waals surface area contributed by atoms with Crippen molar-refractivity contribution in [2.24, 2.45) is 5.16 Å². The quantitative estimate of drug-likeness (QED) is 0.213. The van der Waals surface area contributed by atoms with E-state index in [1.54, 1.807) is 61.5 Å². The van der Waals surface area contributed by atoms with Gasteiger partial charge in [-0.25, -0.2) is 0 Å². The number of ketones is 1. The summed E-state index contributed by atoms with van der Waals surface area (Å²) in [5.41, 5.74) is 0.911. The summed E-state index contributed by atoms with van der Waals surface area (Å²) in [5, 5.41) is 14.9. The summed E-state index contributed by atoms with van der Waals surface area (Å²) in [4.78, 5) is 24.5. The van der Waals surface area contributed by atoms with Crippen LogP contribution >= 0.6 is 0 Å². The maximum absolute atomic E-state index is 12.3. The Morgan fingerprint density at radius 3 is 2.21 bits per heavy atom. The molecule has 1 amide bonds. The van der Waals surface area contributed by atoms with Crippen LogP contribution in [0.1, 0.15) is 28.9 Å². The van der Waals surface area contributed by atoms with Gasteiger partial charge in [-0.3, -0.25) is 9.59 Å². The molecule has 2 aromatic carbocycles. The molecule has 6 nitrogen and oxygen atoms in total. The molecule has 0 aliphatic carbocycles. The van der Waals surface area contributed by atoms with Crippen molar-refractivity contribution in [2.45, 2.75) is 13.0 Å². The molecule has 0 saturated carbocycles. The lowest BCUT2D eigenvalue weighted by atomic mass is 10.1. The van der Waals surface area contributed by atoms with Crippen LogP contribution in [0, 0.1) is 0 Å². The van der Waals surface area contributed by atoms with Gasteiger partial charge >= 0.3 is 0 Å². The maximum atomic E-state index is 12.3. The molecule has 1 atom stereocenters. The predicted molar refractivity (Wildman–Crippen MR) is 88.9 cm³/mol. The van der Waals surface area contributed by atoms with Gasteiger partial charge in [-0.1, -0.05) is 65.8 Å². The molecule has 0 radical (unpaired) electrons. The van der Waals surface area contributed by atoms with E-state index >= 15 is 0 Å². The first-order valence-corrected chi connectivity index (χ1v) is 7.47. The topological polar surface area (TPSA) is 88.0 Å². The standard InChI is InChI=1S/C18H18N2O4/c1-2-24-18(20-23)15(13-9-5-3-6-10-13)19-17(22)16(21)14-11-7-4-8-12-14/h3-12,15,23H,2H2,1H3,(H,19,22)/b20-18-/t15-/m0/s1. The van der Waals surface area contributed by atoms with Gasteiger partial charge in [-0.05, 0) is 12.5 Å². The van der Waals surface area contributed by atoms with Crippen molar-refractivity contribution in [3.63, 3.8) is 0 Å². The normalized spacial score (nSPS) is 12.3. The zero-order valence-corrected chi connectivity index (χ0v) is 13.2. The molecular weight excluding hydrogens is 308 g/mol. The minimum absolute atomic E-state index is 0.0853. The third-order valence-electron chi connectivity index (χ3n) is 3.29. The zero-order chi connectivity index (χ0) is 17.4. The Bertz CT molecular complexity index is 714. The van der Waals surface area contributed by atoms with Crippen molar-refractivity contribution < 1.29 is 19.5 Å². The molecule has 0 bridgehead atoms. The molecule has 24 heavy (non-hydrogen) atoms. The van der Waals surface area contributed by atoms with Crippen LogP contribution in [0.2, 0.25) is 0 Å². The minimum Gasteiger partial charge on any atom is -0.477 e. The van der Waals surface area contributed by atoms with Gasteiger partial charge in [0.15, 0.2) is 0 Å². The van der Waals surface area contributed by atoms with Crippen molar-refractivity contribution in [1.29, 1.82) is 0 Å². The van der Waals surface area contributed by atoms with Gasteiger partial charge in [0.25, 0.3) is 11.8 Å². The average molecular weight is 326 g/mol. The fraction of sp³-hybridized carbons (Fsp3) is 0.167. The van der Waals surface area contributed by atoms with Gasteiger partial charge in [0, 0.05) is 5.56 Å². The van der Waals surface area contributed by atoms with Crippen LogP contribution in [-0.4, -0.2) is 29.4 Å². The number of Topliss-reactive ketones (excluding diaryl/α,β-unsaturated/α-hetero) is 1.